The third kappa shape index (κ3) is 1.01. The number of aromatic amines is 1. The van der Waals surface area contributed by atoms with Crippen LogP contribution in [0.25, 0.3) is 11.2 Å². The van der Waals surface area contributed by atoms with Crippen molar-refractivity contribution in [3.05, 3.63) is 18.3 Å². The van der Waals surface area contributed by atoms with Crippen LogP contribution in [0.2, 0.25) is 0 Å². The Morgan fingerprint density at radius 1 is 1.33 bits per heavy atom. The second kappa shape index (κ2) is 2.47. The molecule has 2 rings (SSSR count). The van der Waals surface area contributed by atoms with Crippen LogP contribution in [0.4, 0.5) is 8.78 Å². The molecule has 0 aliphatic carbocycles. The van der Waals surface area contributed by atoms with Crippen LogP contribution < -0.4 is 0 Å². The fraction of sp³-hybridized carbons (Fsp3) is 0.167. The van der Waals surface area contributed by atoms with E-state index in [4.69, 9.17) is 0 Å². The van der Waals surface area contributed by atoms with Crippen LogP contribution >= 0.6 is 0 Å². The van der Waals surface area contributed by atoms with Gasteiger partial charge in [0, 0.05) is 0 Å². The predicted molar refractivity (Wildman–Crippen MR) is 36.6 cm³/mol. The molecule has 0 amide bonds. The largest absolute Gasteiger partial charge is 0.342 e. The number of rotatable bonds is 1. The van der Waals surface area contributed by atoms with Crippen LogP contribution in [0.15, 0.2) is 12.5 Å². The molecule has 0 unspecified atom stereocenters. The first-order chi connectivity index (χ1) is 5.77. The monoisotopic (exact) mass is 170 g/mol. The summed E-state index contributed by atoms with van der Waals surface area (Å²) in [4.78, 5) is 13.4. The average molecular weight is 170 g/mol. The van der Waals surface area contributed by atoms with E-state index < -0.39 is 12.2 Å². The van der Waals surface area contributed by atoms with Gasteiger partial charge in [-0.2, -0.15) is 0 Å². The Labute approximate surface area is 65.7 Å². The molecule has 0 fully saturated rings. The van der Waals surface area contributed by atoms with Crippen molar-refractivity contribution < 1.29 is 8.78 Å². The number of hydrogen-bond acceptors (Lipinski definition) is 3. The maximum atomic E-state index is 12.0. The highest BCUT2D eigenvalue weighted by atomic mass is 19.3. The molecule has 2 aromatic rings. The Balaban J connectivity index is 2.60. The molecule has 0 aliphatic heterocycles. The van der Waals surface area contributed by atoms with Crippen molar-refractivity contribution in [1.82, 2.24) is 19.9 Å². The lowest BCUT2D eigenvalue weighted by Crippen LogP contribution is -1.94. The molecule has 62 valence electrons. The van der Waals surface area contributed by atoms with E-state index in [2.05, 4.69) is 19.9 Å². The number of hydrogen-bond donors (Lipinski definition) is 1. The first kappa shape index (κ1) is 7.08. The third-order valence-corrected chi connectivity index (χ3v) is 1.39. The van der Waals surface area contributed by atoms with Gasteiger partial charge in [0.15, 0.2) is 11.5 Å². The fourth-order valence-corrected chi connectivity index (χ4v) is 0.854. The number of alkyl halides is 2. The third-order valence-electron chi connectivity index (χ3n) is 1.39. The van der Waals surface area contributed by atoms with Crippen LogP contribution in [-0.2, 0) is 0 Å². The smallest absolute Gasteiger partial charge is 0.297 e. The van der Waals surface area contributed by atoms with Gasteiger partial charge in [-0.15, -0.1) is 0 Å². The predicted octanol–water partition coefficient (Wildman–Crippen LogP) is 1.29. The van der Waals surface area contributed by atoms with Gasteiger partial charge in [0.25, 0.3) is 6.43 Å². The van der Waals surface area contributed by atoms with Gasteiger partial charge in [0.1, 0.15) is 5.52 Å². The van der Waals surface area contributed by atoms with Gasteiger partial charge in [-0.1, -0.05) is 0 Å². The van der Waals surface area contributed by atoms with Crippen LogP contribution in [-0.4, -0.2) is 19.9 Å². The minimum atomic E-state index is -2.65. The van der Waals surface area contributed by atoms with Gasteiger partial charge < -0.3 is 4.98 Å². The molecular formula is C6H4F2N4. The van der Waals surface area contributed by atoms with E-state index in [0.29, 0.717) is 5.52 Å². The van der Waals surface area contributed by atoms with Crippen LogP contribution in [0.3, 0.4) is 0 Å². The summed E-state index contributed by atoms with van der Waals surface area (Å²) in [6.07, 6.45) is 0.0249. The lowest BCUT2D eigenvalue weighted by molar-refractivity contribution is 0.140. The van der Waals surface area contributed by atoms with E-state index in [-0.39, 0.29) is 5.65 Å². The van der Waals surface area contributed by atoms with E-state index in [1.165, 1.54) is 12.5 Å². The summed E-state index contributed by atoms with van der Waals surface area (Å²) >= 11 is 0. The summed E-state index contributed by atoms with van der Waals surface area (Å²) in [5.74, 6) is -0.491. The van der Waals surface area contributed by atoms with Crippen molar-refractivity contribution in [2.24, 2.45) is 0 Å². The molecule has 1 N–H and O–H groups in total. The summed E-state index contributed by atoms with van der Waals surface area (Å²) in [5.41, 5.74) is 0.819. The maximum Gasteiger partial charge on any atom is 0.297 e. The summed E-state index contributed by atoms with van der Waals surface area (Å²) in [6, 6.07) is 0. The molecule has 0 bridgehead atoms. The highest BCUT2D eigenvalue weighted by Crippen LogP contribution is 2.15. The summed E-state index contributed by atoms with van der Waals surface area (Å²) in [7, 11) is 0. The number of imidazole rings is 1. The fourth-order valence-electron chi connectivity index (χ4n) is 0.854. The average Bonchev–Trinajstić information content (AvgIpc) is 2.49. The van der Waals surface area contributed by atoms with Gasteiger partial charge >= 0.3 is 0 Å². The van der Waals surface area contributed by atoms with Crippen LogP contribution in [0.5, 0.6) is 0 Å². The minimum absolute atomic E-state index is 0.264. The number of aromatic nitrogens is 4. The maximum absolute atomic E-state index is 12.0. The Morgan fingerprint density at radius 2 is 2.17 bits per heavy atom. The SMILES string of the molecule is FC(F)c1ncc2[nH]cnc2n1. The van der Waals surface area contributed by atoms with E-state index in [9.17, 15) is 8.78 Å². The highest BCUT2D eigenvalue weighted by molar-refractivity contribution is 5.68. The molecule has 0 saturated carbocycles. The topological polar surface area (TPSA) is 54.5 Å². The van der Waals surface area contributed by atoms with Crippen LogP contribution in [0, 0.1) is 0 Å². The lowest BCUT2D eigenvalue weighted by Gasteiger charge is -1.94. The molecule has 2 heterocycles. The Hall–Kier alpha value is -1.59. The normalized spacial score (nSPS) is 11.2. The Kier molecular flexibility index (Phi) is 1.46. The zero-order valence-corrected chi connectivity index (χ0v) is 5.83. The van der Waals surface area contributed by atoms with Gasteiger partial charge in [-0.05, 0) is 0 Å². The number of nitrogens with one attached hydrogen (secondary N) is 1. The van der Waals surface area contributed by atoms with Crippen molar-refractivity contribution in [2.75, 3.05) is 0 Å². The Morgan fingerprint density at radius 3 is 2.92 bits per heavy atom. The molecular weight excluding hydrogens is 166 g/mol. The standard InChI is InChI=1S/C6H4F2N4/c7-4(8)6-9-1-3-5(12-6)11-2-10-3/h1-2,4H,(H,9,10,11,12). The summed E-state index contributed by atoms with van der Waals surface area (Å²) < 4.78 is 24.1. The van der Waals surface area contributed by atoms with E-state index in [1.807, 2.05) is 0 Å². The van der Waals surface area contributed by atoms with Gasteiger partial charge in [0.2, 0.25) is 0 Å². The molecule has 6 heteroatoms. The van der Waals surface area contributed by atoms with Gasteiger partial charge in [0.05, 0.1) is 12.5 Å². The van der Waals surface area contributed by atoms with E-state index in [0.717, 1.165) is 0 Å². The highest BCUT2D eigenvalue weighted by Gasteiger charge is 2.11. The van der Waals surface area contributed by atoms with E-state index >= 15 is 0 Å². The number of nitrogens with zero attached hydrogens (tertiary/aromatic N) is 3. The van der Waals surface area contributed by atoms with Crippen molar-refractivity contribution in [3.63, 3.8) is 0 Å². The zero-order chi connectivity index (χ0) is 8.55. The van der Waals surface area contributed by atoms with Gasteiger partial charge in [-0.25, -0.2) is 23.7 Å². The van der Waals surface area contributed by atoms with E-state index in [1.54, 1.807) is 0 Å². The second-order valence-electron chi connectivity index (χ2n) is 2.17. The lowest BCUT2D eigenvalue weighted by atomic mass is 10.5. The Bertz CT molecular complexity index is 397. The van der Waals surface area contributed by atoms with Crippen molar-refractivity contribution in [1.29, 1.82) is 0 Å². The minimum Gasteiger partial charge on any atom is -0.342 e. The van der Waals surface area contributed by atoms with Crippen molar-refractivity contribution in [2.45, 2.75) is 6.43 Å². The molecule has 2 aromatic heterocycles. The molecule has 0 spiro atoms. The van der Waals surface area contributed by atoms with Gasteiger partial charge in [-0.3, -0.25) is 0 Å². The van der Waals surface area contributed by atoms with Crippen LogP contribution in [0.1, 0.15) is 12.2 Å². The molecule has 0 saturated heterocycles. The first-order valence-corrected chi connectivity index (χ1v) is 3.21. The summed E-state index contributed by atoms with van der Waals surface area (Å²) in [5, 5.41) is 0. The molecule has 0 radical (unpaired) electrons. The number of fused-ring (bicyclic) bond motifs is 1. The zero-order valence-electron chi connectivity index (χ0n) is 5.83. The molecule has 4 nitrogen and oxygen atoms in total. The second-order valence-corrected chi connectivity index (χ2v) is 2.17. The molecule has 0 atom stereocenters. The quantitative estimate of drug-likeness (QED) is 0.701. The number of halogens is 2. The molecule has 12 heavy (non-hydrogen) atoms. The van der Waals surface area contributed by atoms with Crippen molar-refractivity contribution in [3.8, 4) is 0 Å². The van der Waals surface area contributed by atoms with Crippen molar-refractivity contribution >= 4 is 11.2 Å². The first-order valence-electron chi connectivity index (χ1n) is 3.21. The number of H-pyrrole nitrogens is 1. The molecule has 0 aliphatic rings. The molecule has 0 aromatic carbocycles. The summed E-state index contributed by atoms with van der Waals surface area (Å²) in [6.45, 7) is 0.